The highest BCUT2D eigenvalue weighted by molar-refractivity contribution is 6.20. The van der Waals surface area contributed by atoms with Crippen molar-refractivity contribution in [2.75, 3.05) is 40.0 Å². The van der Waals surface area contributed by atoms with E-state index < -0.39 is 18.0 Å². The van der Waals surface area contributed by atoms with Crippen molar-refractivity contribution < 1.29 is 43.2 Å². The van der Waals surface area contributed by atoms with Crippen molar-refractivity contribution in [2.45, 2.75) is 0 Å². The highest BCUT2D eigenvalue weighted by Crippen LogP contribution is 2.38. The number of para-hydroxylation sites is 2. The number of esters is 2. The predicted molar refractivity (Wildman–Crippen MR) is 167 cm³/mol. The number of methoxy groups -OCH3 is 1. The summed E-state index contributed by atoms with van der Waals surface area (Å²) in [4.78, 5) is 42.2. The molecule has 13 heteroatoms. The number of ether oxygens (including phenoxy) is 5. The van der Waals surface area contributed by atoms with Crippen LogP contribution in [0.25, 0.3) is 32.8 Å². The normalized spacial score (nSPS) is 13.1. The fraction of sp³-hybridized carbons (Fsp3) is 0.176. The number of carbonyl (C=O) groups is 3. The van der Waals surface area contributed by atoms with Crippen LogP contribution in [0.2, 0.25) is 0 Å². The second kappa shape index (κ2) is 11.9. The minimum absolute atomic E-state index is 0.0321. The number of aromatic hydroxyl groups is 1. The van der Waals surface area contributed by atoms with Crippen molar-refractivity contribution in [3.63, 3.8) is 0 Å². The summed E-state index contributed by atoms with van der Waals surface area (Å²) in [5.74, 6) is -1.66. The van der Waals surface area contributed by atoms with Gasteiger partial charge in [-0.15, -0.1) is 0 Å². The number of morpholine rings is 1. The third kappa shape index (κ3) is 5.06. The first kappa shape index (κ1) is 29.5. The second-order valence-corrected chi connectivity index (χ2v) is 10.6. The number of benzene rings is 2. The lowest BCUT2D eigenvalue weighted by molar-refractivity contribution is 0.0402. The van der Waals surface area contributed by atoms with Gasteiger partial charge in [0.25, 0.3) is 0 Å². The Morgan fingerprint density at radius 3 is 2.11 bits per heavy atom. The summed E-state index contributed by atoms with van der Waals surface area (Å²) in [5.41, 5.74) is 1.54. The van der Waals surface area contributed by atoms with Crippen molar-refractivity contribution in [1.29, 1.82) is 5.26 Å². The maximum Gasteiger partial charge on any atom is 0.415 e. The van der Waals surface area contributed by atoms with Crippen LogP contribution in [0, 0.1) is 11.3 Å². The summed E-state index contributed by atoms with van der Waals surface area (Å²) < 4.78 is 30.8. The van der Waals surface area contributed by atoms with Gasteiger partial charge in [0.05, 0.1) is 54.9 Å². The topological polar surface area (TPSA) is 153 Å². The smallest absolute Gasteiger partial charge is 0.415 e. The van der Waals surface area contributed by atoms with E-state index in [1.54, 1.807) is 63.5 Å². The van der Waals surface area contributed by atoms with Crippen LogP contribution in [0.5, 0.6) is 23.0 Å². The number of aromatic nitrogens is 2. The molecule has 0 radical (unpaired) electrons. The van der Waals surface area contributed by atoms with E-state index in [0.29, 0.717) is 53.6 Å². The first-order valence-electron chi connectivity index (χ1n) is 14.6. The zero-order valence-electron chi connectivity index (χ0n) is 25.0. The van der Waals surface area contributed by atoms with E-state index in [4.69, 9.17) is 28.9 Å². The van der Waals surface area contributed by atoms with Crippen LogP contribution in [-0.2, 0) is 9.47 Å². The highest BCUT2D eigenvalue weighted by Gasteiger charge is 2.30. The molecule has 1 aliphatic heterocycles. The zero-order valence-corrected chi connectivity index (χ0v) is 25.0. The molecule has 1 amide bonds. The minimum Gasteiger partial charge on any atom is -0.506 e. The van der Waals surface area contributed by atoms with Gasteiger partial charge in [-0.2, -0.15) is 5.26 Å². The summed E-state index contributed by atoms with van der Waals surface area (Å²) in [6.07, 6.45) is 2.56. The van der Waals surface area contributed by atoms with Crippen LogP contribution < -0.4 is 14.2 Å². The maximum atomic E-state index is 14.0. The Hall–Kier alpha value is -6.26. The summed E-state index contributed by atoms with van der Waals surface area (Å²) in [6, 6.07) is 18.5. The van der Waals surface area contributed by atoms with Gasteiger partial charge in [0, 0.05) is 36.0 Å². The van der Waals surface area contributed by atoms with Crippen LogP contribution in [0.15, 0.2) is 73.1 Å². The van der Waals surface area contributed by atoms with E-state index in [0.717, 1.165) is 0 Å². The van der Waals surface area contributed by atoms with Gasteiger partial charge < -0.3 is 42.5 Å². The van der Waals surface area contributed by atoms with Crippen molar-refractivity contribution in [3.8, 4) is 29.1 Å². The molecule has 1 saturated heterocycles. The number of hydrogen-bond donors (Lipinski definition) is 1. The van der Waals surface area contributed by atoms with Crippen LogP contribution in [0.3, 0.4) is 0 Å². The summed E-state index contributed by atoms with van der Waals surface area (Å²) in [7, 11) is 1.41. The third-order valence-corrected chi connectivity index (χ3v) is 7.95. The number of pyridine rings is 2. The molecule has 47 heavy (non-hydrogen) atoms. The summed E-state index contributed by atoms with van der Waals surface area (Å²) >= 11 is 0. The number of hydrogen-bond acceptors (Lipinski definition) is 10. The zero-order chi connectivity index (χ0) is 32.7. The summed E-state index contributed by atoms with van der Waals surface area (Å²) in [5, 5.41) is 20.8. The Balaban J connectivity index is 1.30. The van der Waals surface area contributed by atoms with E-state index in [2.05, 4.69) is 0 Å². The van der Waals surface area contributed by atoms with Gasteiger partial charge >= 0.3 is 18.0 Å². The van der Waals surface area contributed by atoms with Gasteiger partial charge in [0.15, 0.2) is 12.4 Å². The number of carbonyl (C=O) groups excluding carboxylic acids is 3. The lowest BCUT2D eigenvalue weighted by Gasteiger charge is -2.25. The van der Waals surface area contributed by atoms with Crippen molar-refractivity contribution >= 4 is 50.9 Å². The molecule has 1 aliphatic rings. The molecule has 0 saturated carbocycles. The van der Waals surface area contributed by atoms with E-state index in [1.807, 2.05) is 6.07 Å². The quantitative estimate of drug-likeness (QED) is 0.197. The first-order valence-corrected chi connectivity index (χ1v) is 14.6. The van der Waals surface area contributed by atoms with E-state index >= 15 is 0 Å². The summed E-state index contributed by atoms with van der Waals surface area (Å²) in [6.45, 7) is 1.38. The standard InChI is InChI=1S/C34H26N4O9/c1-43-27-17-21(46-34(42)36-11-14-44-15-12-36)19-38-25-9-5-3-7-23(25)29(31(27)38)33(41)47-32(40)28-22-6-2-4-8-24(22)37-18-20(45-13-10-35)16-26(39)30(28)37/h2-9,16-19,39H,11-15H2,1H3. The Labute approximate surface area is 266 Å². The molecule has 5 heterocycles. The average molecular weight is 635 g/mol. The molecule has 0 bridgehead atoms. The second-order valence-electron chi connectivity index (χ2n) is 10.6. The van der Waals surface area contributed by atoms with E-state index in [1.165, 1.54) is 30.3 Å². The molecule has 6 aromatic rings. The third-order valence-electron chi connectivity index (χ3n) is 7.95. The van der Waals surface area contributed by atoms with Gasteiger partial charge in [-0.3, -0.25) is 0 Å². The van der Waals surface area contributed by atoms with Crippen LogP contribution in [0.4, 0.5) is 4.79 Å². The van der Waals surface area contributed by atoms with Crippen molar-refractivity contribution in [2.24, 2.45) is 0 Å². The number of rotatable bonds is 6. The Morgan fingerprint density at radius 1 is 0.872 bits per heavy atom. The van der Waals surface area contributed by atoms with E-state index in [-0.39, 0.29) is 46.2 Å². The fourth-order valence-electron chi connectivity index (χ4n) is 5.94. The minimum atomic E-state index is -0.992. The van der Waals surface area contributed by atoms with Crippen LogP contribution >= 0.6 is 0 Å². The molecule has 7 rings (SSSR count). The SMILES string of the molecule is COc1cc(OC(=O)N2CCOCC2)cn2c1c(C(=O)OC(=O)c1c3ccccc3n3cc(OCC#N)cc(O)c13)c1ccccc12. The molecule has 0 unspecified atom stereocenters. The van der Waals surface area contributed by atoms with Crippen molar-refractivity contribution in [1.82, 2.24) is 13.7 Å². The lowest BCUT2D eigenvalue weighted by Crippen LogP contribution is -2.42. The molecule has 236 valence electrons. The van der Waals surface area contributed by atoms with Gasteiger partial charge in [0.2, 0.25) is 0 Å². The van der Waals surface area contributed by atoms with Gasteiger partial charge in [-0.25, -0.2) is 14.4 Å². The average Bonchev–Trinajstić information content (AvgIpc) is 3.61. The molecule has 0 aliphatic carbocycles. The highest BCUT2D eigenvalue weighted by atomic mass is 16.6. The number of fused-ring (bicyclic) bond motifs is 6. The van der Waals surface area contributed by atoms with Gasteiger partial charge in [0.1, 0.15) is 34.4 Å². The number of nitrogens with zero attached hydrogens (tertiary/aromatic N) is 4. The lowest BCUT2D eigenvalue weighted by atomic mass is 10.1. The van der Waals surface area contributed by atoms with Crippen LogP contribution in [-0.4, -0.2) is 76.9 Å². The molecule has 1 fully saturated rings. The molecule has 13 nitrogen and oxygen atoms in total. The first-order chi connectivity index (χ1) is 22.9. The van der Waals surface area contributed by atoms with Crippen LogP contribution in [0.1, 0.15) is 20.7 Å². The van der Waals surface area contributed by atoms with E-state index in [9.17, 15) is 19.5 Å². The van der Waals surface area contributed by atoms with Gasteiger partial charge in [-0.05, 0) is 12.1 Å². The monoisotopic (exact) mass is 634 g/mol. The largest absolute Gasteiger partial charge is 0.506 e. The molecule has 2 aromatic carbocycles. The molecule has 0 spiro atoms. The Kier molecular flexibility index (Phi) is 7.47. The Morgan fingerprint density at radius 2 is 1.47 bits per heavy atom. The predicted octanol–water partition coefficient (Wildman–Crippen LogP) is 4.94. The number of nitriles is 1. The molecular formula is C34H26N4O9. The molecule has 0 atom stereocenters. The molecule has 1 N–H and O–H groups in total. The Bertz CT molecular complexity index is 2280. The van der Waals surface area contributed by atoms with Crippen molar-refractivity contribution in [3.05, 3.63) is 84.2 Å². The fourth-order valence-corrected chi connectivity index (χ4v) is 5.94. The molecule has 4 aromatic heterocycles. The van der Waals surface area contributed by atoms with Gasteiger partial charge in [-0.1, -0.05) is 36.4 Å². The number of amides is 1. The molecular weight excluding hydrogens is 608 g/mol. The maximum absolute atomic E-state index is 14.0.